The maximum absolute atomic E-state index is 13.9. The summed E-state index contributed by atoms with van der Waals surface area (Å²) in [6.45, 7) is 1.73. The van der Waals surface area contributed by atoms with E-state index in [2.05, 4.69) is 14.9 Å². The molecule has 182 valence electrons. The van der Waals surface area contributed by atoms with Crippen LogP contribution in [0.25, 0.3) is 10.8 Å². The third-order valence-corrected chi connectivity index (χ3v) is 8.06. The van der Waals surface area contributed by atoms with Crippen LogP contribution in [0.1, 0.15) is 11.3 Å². The van der Waals surface area contributed by atoms with Crippen molar-refractivity contribution in [1.29, 1.82) is 0 Å². The van der Waals surface area contributed by atoms with Crippen molar-refractivity contribution >= 4 is 26.5 Å². The van der Waals surface area contributed by atoms with E-state index in [4.69, 9.17) is 0 Å². The third-order valence-electron chi connectivity index (χ3n) is 6.22. The number of para-hydroxylation sites is 1. The Bertz CT molecular complexity index is 1510. The first-order valence-electron chi connectivity index (χ1n) is 11.9. The van der Waals surface area contributed by atoms with Gasteiger partial charge in [0.25, 0.3) is 0 Å². The molecule has 0 spiro atoms. The highest BCUT2D eigenvalue weighted by molar-refractivity contribution is 7.89. The molecule has 0 aliphatic heterocycles. The van der Waals surface area contributed by atoms with Gasteiger partial charge < -0.3 is 9.88 Å². The summed E-state index contributed by atoms with van der Waals surface area (Å²) in [6.07, 6.45) is 3.45. The van der Waals surface area contributed by atoms with Crippen molar-refractivity contribution in [2.75, 3.05) is 18.0 Å². The number of fused-ring (bicyclic) bond motifs is 1. The monoisotopic (exact) mass is 496 g/mol. The second-order valence-corrected chi connectivity index (χ2v) is 10.6. The number of hydrogen-bond acceptors (Lipinski definition) is 4. The maximum atomic E-state index is 13.9. The lowest BCUT2D eigenvalue weighted by Gasteiger charge is -2.29. The van der Waals surface area contributed by atoms with Crippen LogP contribution in [0.3, 0.4) is 0 Å². The molecule has 0 aliphatic carbocycles. The Kier molecular flexibility index (Phi) is 7.11. The zero-order chi connectivity index (χ0) is 24.8. The van der Waals surface area contributed by atoms with E-state index in [1.54, 1.807) is 29.0 Å². The quantitative estimate of drug-likeness (QED) is 0.279. The first-order valence-corrected chi connectivity index (χ1v) is 13.3. The van der Waals surface area contributed by atoms with Gasteiger partial charge in [-0.3, -0.25) is 0 Å². The van der Waals surface area contributed by atoms with E-state index < -0.39 is 10.0 Å². The summed E-state index contributed by atoms with van der Waals surface area (Å²) >= 11 is 0. The Morgan fingerprint density at radius 2 is 1.42 bits per heavy atom. The zero-order valence-corrected chi connectivity index (χ0v) is 20.7. The fourth-order valence-electron chi connectivity index (χ4n) is 4.30. The second-order valence-electron chi connectivity index (χ2n) is 8.67. The minimum Gasteiger partial charge on any atom is -0.364 e. The molecule has 0 atom stereocenters. The van der Waals surface area contributed by atoms with E-state index in [1.165, 1.54) is 0 Å². The van der Waals surface area contributed by atoms with Gasteiger partial charge in [0.05, 0.1) is 23.5 Å². The molecule has 1 heterocycles. The van der Waals surface area contributed by atoms with Crippen LogP contribution in [0.15, 0.2) is 121 Å². The van der Waals surface area contributed by atoms with Crippen LogP contribution in [0.4, 0.5) is 5.69 Å². The number of aromatic amines is 1. The van der Waals surface area contributed by atoms with Crippen LogP contribution in [0.5, 0.6) is 0 Å². The van der Waals surface area contributed by atoms with Gasteiger partial charge in [0, 0.05) is 31.5 Å². The van der Waals surface area contributed by atoms with Crippen LogP contribution >= 0.6 is 0 Å². The summed E-state index contributed by atoms with van der Waals surface area (Å²) in [5, 5.41) is 1.92. The van der Waals surface area contributed by atoms with Gasteiger partial charge in [-0.15, -0.1) is 0 Å². The first kappa shape index (κ1) is 23.8. The molecule has 5 rings (SSSR count). The standard InChI is InChI=1S/C29H28N4O2S/c34-36(35,29-16-15-25-11-7-8-12-26(25)19-29)33(21-24-9-3-1-4-10-24)18-17-32(22-27-20-30-23-31-27)28-13-5-2-6-14-28/h1-16,19-20,23H,17-18,21-22H2,(H,30,31). The van der Waals surface area contributed by atoms with Crippen molar-refractivity contribution in [1.82, 2.24) is 14.3 Å². The Morgan fingerprint density at radius 3 is 2.14 bits per heavy atom. The van der Waals surface area contributed by atoms with E-state index >= 15 is 0 Å². The Hall–Kier alpha value is -3.94. The average Bonchev–Trinajstić information content (AvgIpc) is 3.44. The summed E-state index contributed by atoms with van der Waals surface area (Å²) in [5.41, 5.74) is 2.93. The molecule has 0 fully saturated rings. The van der Waals surface area contributed by atoms with Gasteiger partial charge in [-0.05, 0) is 40.6 Å². The molecule has 1 aromatic heterocycles. The van der Waals surface area contributed by atoms with E-state index in [0.717, 1.165) is 27.7 Å². The van der Waals surface area contributed by atoms with Crippen LogP contribution in [0.2, 0.25) is 0 Å². The summed E-state index contributed by atoms with van der Waals surface area (Å²) in [5.74, 6) is 0. The number of hydrogen-bond donors (Lipinski definition) is 1. The normalized spacial score (nSPS) is 11.7. The number of benzene rings is 4. The van der Waals surface area contributed by atoms with Gasteiger partial charge in [-0.2, -0.15) is 4.31 Å². The summed E-state index contributed by atoms with van der Waals surface area (Å²) in [6, 6.07) is 32.9. The Balaban J connectivity index is 1.46. The third kappa shape index (κ3) is 5.48. The van der Waals surface area contributed by atoms with Gasteiger partial charge in [0.2, 0.25) is 10.0 Å². The van der Waals surface area contributed by atoms with E-state index in [-0.39, 0.29) is 0 Å². The van der Waals surface area contributed by atoms with Crippen molar-refractivity contribution < 1.29 is 8.42 Å². The zero-order valence-electron chi connectivity index (χ0n) is 19.9. The smallest absolute Gasteiger partial charge is 0.243 e. The van der Waals surface area contributed by atoms with E-state index in [0.29, 0.717) is 31.1 Å². The predicted molar refractivity (Wildman–Crippen MR) is 144 cm³/mol. The second kappa shape index (κ2) is 10.8. The minimum absolute atomic E-state index is 0.294. The number of sulfonamides is 1. The molecule has 1 N–H and O–H groups in total. The van der Waals surface area contributed by atoms with Gasteiger partial charge in [-0.1, -0.05) is 78.9 Å². The fourth-order valence-corrected chi connectivity index (χ4v) is 5.75. The van der Waals surface area contributed by atoms with E-state index in [1.807, 2.05) is 91.0 Å². The molecule has 0 unspecified atom stereocenters. The number of H-pyrrole nitrogens is 1. The predicted octanol–water partition coefficient (Wildman–Crippen LogP) is 5.46. The number of nitrogens with one attached hydrogen (secondary N) is 1. The van der Waals surface area contributed by atoms with Crippen LogP contribution in [-0.2, 0) is 23.1 Å². The first-order chi connectivity index (χ1) is 17.6. The minimum atomic E-state index is -3.74. The number of nitrogens with zero attached hydrogens (tertiary/aromatic N) is 3. The summed E-state index contributed by atoms with van der Waals surface area (Å²) in [7, 11) is -3.74. The number of aromatic nitrogens is 2. The molecule has 6 nitrogen and oxygen atoms in total. The van der Waals surface area contributed by atoms with Crippen molar-refractivity contribution in [2.24, 2.45) is 0 Å². The number of imidazole rings is 1. The Morgan fingerprint density at radius 1 is 0.722 bits per heavy atom. The van der Waals surface area contributed by atoms with Crippen molar-refractivity contribution in [3.63, 3.8) is 0 Å². The lowest BCUT2D eigenvalue weighted by molar-refractivity contribution is 0.408. The SMILES string of the molecule is O=S(=O)(c1ccc2ccccc2c1)N(CCN(Cc1cnc[nH]1)c1ccccc1)Cc1ccccc1. The van der Waals surface area contributed by atoms with Gasteiger partial charge in [0.1, 0.15) is 0 Å². The molecule has 0 saturated carbocycles. The van der Waals surface area contributed by atoms with Crippen molar-refractivity contribution in [3.8, 4) is 0 Å². The lowest BCUT2D eigenvalue weighted by Crippen LogP contribution is -2.38. The highest BCUT2D eigenvalue weighted by Crippen LogP contribution is 2.24. The van der Waals surface area contributed by atoms with Gasteiger partial charge in [-0.25, -0.2) is 13.4 Å². The lowest BCUT2D eigenvalue weighted by atomic mass is 10.1. The average molecular weight is 497 g/mol. The molecule has 4 aromatic carbocycles. The fraction of sp³-hybridized carbons (Fsp3) is 0.138. The molecule has 0 radical (unpaired) electrons. The van der Waals surface area contributed by atoms with Crippen LogP contribution in [-0.4, -0.2) is 35.8 Å². The Labute approximate surface area is 211 Å². The topological polar surface area (TPSA) is 69.3 Å². The highest BCUT2D eigenvalue weighted by Gasteiger charge is 2.26. The molecule has 5 aromatic rings. The van der Waals surface area contributed by atoms with Crippen molar-refractivity contribution in [2.45, 2.75) is 18.0 Å². The molecule has 36 heavy (non-hydrogen) atoms. The number of anilines is 1. The molecule has 0 amide bonds. The van der Waals surface area contributed by atoms with Crippen LogP contribution in [0, 0.1) is 0 Å². The van der Waals surface area contributed by atoms with Crippen molar-refractivity contribution in [3.05, 3.63) is 127 Å². The molecular formula is C29H28N4O2S. The largest absolute Gasteiger partial charge is 0.364 e. The summed E-state index contributed by atoms with van der Waals surface area (Å²) in [4.78, 5) is 9.76. The molecule has 7 heteroatoms. The van der Waals surface area contributed by atoms with Gasteiger partial charge >= 0.3 is 0 Å². The highest BCUT2D eigenvalue weighted by atomic mass is 32.2. The van der Waals surface area contributed by atoms with Crippen LogP contribution < -0.4 is 4.90 Å². The van der Waals surface area contributed by atoms with E-state index in [9.17, 15) is 8.42 Å². The molecule has 0 aliphatic rings. The summed E-state index contributed by atoms with van der Waals surface area (Å²) < 4.78 is 29.5. The van der Waals surface area contributed by atoms with Gasteiger partial charge in [0.15, 0.2) is 0 Å². The maximum Gasteiger partial charge on any atom is 0.243 e. The molecule has 0 bridgehead atoms. The molecular weight excluding hydrogens is 468 g/mol. The number of rotatable bonds is 10. The molecule has 0 saturated heterocycles.